The summed E-state index contributed by atoms with van der Waals surface area (Å²) in [5.41, 5.74) is 3.02. The van der Waals surface area contributed by atoms with Gasteiger partial charge in [-0.05, 0) is 41.0 Å². The summed E-state index contributed by atoms with van der Waals surface area (Å²) in [7, 11) is -3.76. The maximum Gasteiger partial charge on any atom is 0.243 e. The van der Waals surface area contributed by atoms with Gasteiger partial charge in [0.2, 0.25) is 21.8 Å². The van der Waals surface area contributed by atoms with Crippen LogP contribution in [-0.4, -0.2) is 53.3 Å². The quantitative estimate of drug-likeness (QED) is 0.243. The zero-order valence-corrected chi connectivity index (χ0v) is 24.8. The van der Waals surface area contributed by atoms with Crippen LogP contribution in [0.5, 0.6) is 0 Å². The Morgan fingerprint density at radius 2 is 1.40 bits per heavy atom. The molecule has 1 unspecified atom stereocenters. The Hall–Kier alpha value is -4.05. The standard InChI is InChI=1S/C32H33ClN4O4S/c1-42(40,41)36(22-26-12-6-3-7-13-26)24-31(38)37(23-27-15-17-28(33)18-16-27)30(20-25-10-4-2-5-11-25)32(39)35-21-29-14-8-9-19-34-29/h2-19,30H,20-24H2,1H3,(H,35,39). The second kappa shape index (κ2) is 14.7. The van der Waals surface area contributed by atoms with Crippen molar-refractivity contribution in [3.63, 3.8) is 0 Å². The van der Waals surface area contributed by atoms with Gasteiger partial charge in [0.15, 0.2) is 0 Å². The number of halogens is 1. The molecule has 1 heterocycles. The molecular weight excluding hydrogens is 572 g/mol. The molecule has 0 fully saturated rings. The predicted molar refractivity (Wildman–Crippen MR) is 164 cm³/mol. The van der Waals surface area contributed by atoms with Gasteiger partial charge in [-0.15, -0.1) is 0 Å². The number of hydrogen-bond donors (Lipinski definition) is 1. The average Bonchev–Trinajstić information content (AvgIpc) is 2.99. The number of nitrogens with zero attached hydrogens (tertiary/aromatic N) is 3. The summed E-state index contributed by atoms with van der Waals surface area (Å²) in [6.07, 6.45) is 2.95. The van der Waals surface area contributed by atoms with Crippen molar-refractivity contribution in [1.82, 2.24) is 19.5 Å². The van der Waals surface area contributed by atoms with E-state index in [0.29, 0.717) is 10.7 Å². The number of amides is 2. The Morgan fingerprint density at radius 1 is 0.810 bits per heavy atom. The smallest absolute Gasteiger partial charge is 0.243 e. The summed E-state index contributed by atoms with van der Waals surface area (Å²) >= 11 is 6.10. The number of pyridine rings is 1. The van der Waals surface area contributed by atoms with E-state index in [2.05, 4.69) is 10.3 Å². The van der Waals surface area contributed by atoms with E-state index in [1.807, 2.05) is 54.6 Å². The number of carbonyl (C=O) groups excluding carboxylic acids is 2. The second-order valence-electron chi connectivity index (χ2n) is 9.91. The zero-order valence-electron chi connectivity index (χ0n) is 23.3. The maximum atomic E-state index is 14.1. The van der Waals surface area contributed by atoms with E-state index >= 15 is 0 Å². The van der Waals surface area contributed by atoms with Crippen LogP contribution in [0.3, 0.4) is 0 Å². The molecule has 0 radical (unpaired) electrons. The van der Waals surface area contributed by atoms with Crippen LogP contribution in [0, 0.1) is 0 Å². The van der Waals surface area contributed by atoms with E-state index in [0.717, 1.165) is 27.3 Å². The van der Waals surface area contributed by atoms with Gasteiger partial charge in [0.25, 0.3) is 0 Å². The van der Waals surface area contributed by atoms with Crippen LogP contribution in [0.4, 0.5) is 0 Å². The van der Waals surface area contributed by atoms with Gasteiger partial charge in [-0.3, -0.25) is 14.6 Å². The van der Waals surface area contributed by atoms with Crippen molar-refractivity contribution in [3.05, 3.63) is 137 Å². The van der Waals surface area contributed by atoms with E-state index in [4.69, 9.17) is 11.6 Å². The first-order valence-corrected chi connectivity index (χ1v) is 15.7. The summed E-state index contributed by atoms with van der Waals surface area (Å²) in [6.45, 7) is -0.152. The van der Waals surface area contributed by atoms with Gasteiger partial charge in [-0.25, -0.2) is 8.42 Å². The molecule has 218 valence electrons. The molecule has 0 spiro atoms. The second-order valence-corrected chi connectivity index (χ2v) is 12.3. The highest BCUT2D eigenvalue weighted by atomic mass is 35.5. The molecule has 4 rings (SSSR count). The number of sulfonamides is 1. The lowest BCUT2D eigenvalue weighted by Gasteiger charge is -2.33. The Morgan fingerprint density at radius 3 is 2.00 bits per heavy atom. The van der Waals surface area contributed by atoms with Crippen LogP contribution in [0.1, 0.15) is 22.4 Å². The van der Waals surface area contributed by atoms with Crippen molar-refractivity contribution in [1.29, 1.82) is 0 Å². The minimum absolute atomic E-state index is 0.0232. The van der Waals surface area contributed by atoms with E-state index in [-0.39, 0.29) is 32.0 Å². The molecule has 1 aromatic heterocycles. The first-order valence-electron chi connectivity index (χ1n) is 13.4. The topological polar surface area (TPSA) is 99.7 Å². The molecule has 2 amide bonds. The van der Waals surface area contributed by atoms with Gasteiger partial charge in [0.05, 0.1) is 25.0 Å². The Kier molecular flexibility index (Phi) is 10.8. The third-order valence-electron chi connectivity index (χ3n) is 6.69. The molecule has 0 saturated heterocycles. The van der Waals surface area contributed by atoms with E-state index in [1.165, 1.54) is 4.90 Å². The summed E-state index contributed by atoms with van der Waals surface area (Å²) in [5, 5.41) is 3.46. The van der Waals surface area contributed by atoms with Crippen LogP contribution >= 0.6 is 11.6 Å². The maximum absolute atomic E-state index is 14.1. The van der Waals surface area contributed by atoms with Gasteiger partial charge in [-0.1, -0.05) is 90.5 Å². The van der Waals surface area contributed by atoms with Gasteiger partial charge in [0, 0.05) is 30.7 Å². The van der Waals surface area contributed by atoms with Crippen molar-refractivity contribution in [2.24, 2.45) is 0 Å². The van der Waals surface area contributed by atoms with Crippen LogP contribution < -0.4 is 5.32 Å². The monoisotopic (exact) mass is 604 g/mol. The Bertz CT molecular complexity index is 1550. The largest absolute Gasteiger partial charge is 0.349 e. The van der Waals surface area contributed by atoms with Gasteiger partial charge >= 0.3 is 0 Å². The highest BCUT2D eigenvalue weighted by Gasteiger charge is 2.33. The molecule has 1 atom stereocenters. The summed E-state index contributed by atoms with van der Waals surface area (Å²) < 4.78 is 26.7. The normalized spacial score (nSPS) is 12.1. The SMILES string of the molecule is CS(=O)(=O)N(CC(=O)N(Cc1ccc(Cl)cc1)C(Cc1ccccc1)C(=O)NCc1ccccn1)Cc1ccccc1. The molecule has 8 nitrogen and oxygen atoms in total. The van der Waals surface area contributed by atoms with Gasteiger partial charge in [-0.2, -0.15) is 4.31 Å². The van der Waals surface area contributed by atoms with Gasteiger partial charge in [0.1, 0.15) is 6.04 Å². The highest BCUT2D eigenvalue weighted by molar-refractivity contribution is 7.88. The lowest BCUT2D eigenvalue weighted by Crippen LogP contribution is -2.53. The molecule has 3 aromatic carbocycles. The van der Waals surface area contributed by atoms with Crippen LogP contribution in [0.25, 0.3) is 0 Å². The summed E-state index contributed by atoms with van der Waals surface area (Å²) in [6, 6.07) is 30.0. The minimum atomic E-state index is -3.76. The molecule has 10 heteroatoms. The van der Waals surface area contributed by atoms with Crippen LogP contribution in [0.15, 0.2) is 109 Å². The van der Waals surface area contributed by atoms with E-state index in [1.54, 1.807) is 54.7 Å². The number of aromatic nitrogens is 1. The molecule has 0 aliphatic heterocycles. The summed E-state index contributed by atoms with van der Waals surface area (Å²) in [4.78, 5) is 33.6. The lowest BCUT2D eigenvalue weighted by atomic mass is 10.0. The van der Waals surface area contributed by atoms with E-state index in [9.17, 15) is 18.0 Å². The van der Waals surface area contributed by atoms with Crippen molar-refractivity contribution < 1.29 is 18.0 Å². The van der Waals surface area contributed by atoms with Gasteiger partial charge < -0.3 is 10.2 Å². The Labute approximate surface area is 252 Å². The predicted octanol–water partition coefficient (Wildman–Crippen LogP) is 4.45. The molecule has 1 N–H and O–H groups in total. The van der Waals surface area contributed by atoms with Crippen LogP contribution in [-0.2, 0) is 45.7 Å². The average molecular weight is 605 g/mol. The highest BCUT2D eigenvalue weighted by Crippen LogP contribution is 2.18. The van der Waals surface area contributed by atoms with Crippen molar-refractivity contribution in [2.75, 3.05) is 12.8 Å². The molecule has 0 aliphatic carbocycles. The van der Waals surface area contributed by atoms with Crippen molar-refractivity contribution >= 4 is 33.4 Å². The van der Waals surface area contributed by atoms with Crippen LogP contribution in [0.2, 0.25) is 5.02 Å². The number of carbonyl (C=O) groups is 2. The number of hydrogen-bond acceptors (Lipinski definition) is 5. The molecule has 4 aromatic rings. The minimum Gasteiger partial charge on any atom is -0.349 e. The molecule has 0 saturated carbocycles. The molecule has 42 heavy (non-hydrogen) atoms. The third kappa shape index (κ3) is 9.24. The third-order valence-corrected chi connectivity index (χ3v) is 8.14. The number of nitrogens with one attached hydrogen (secondary N) is 1. The molecule has 0 bridgehead atoms. The zero-order chi connectivity index (χ0) is 30.0. The molecule has 0 aliphatic rings. The fourth-order valence-corrected chi connectivity index (χ4v) is 5.31. The first kappa shape index (κ1) is 30.9. The fraction of sp³-hybridized carbons (Fsp3) is 0.219. The first-order chi connectivity index (χ1) is 20.2. The fourth-order valence-electron chi connectivity index (χ4n) is 4.46. The lowest BCUT2D eigenvalue weighted by molar-refractivity contribution is -0.141. The van der Waals surface area contributed by atoms with E-state index < -0.39 is 28.5 Å². The molecular formula is C32H33ClN4O4S. The number of rotatable bonds is 13. The summed E-state index contributed by atoms with van der Waals surface area (Å²) in [5.74, 6) is -0.874. The number of benzene rings is 3. The van der Waals surface area contributed by atoms with Crippen molar-refractivity contribution in [3.8, 4) is 0 Å². The Balaban J connectivity index is 1.67. The van der Waals surface area contributed by atoms with Crippen molar-refractivity contribution in [2.45, 2.75) is 32.1 Å².